The zero-order chi connectivity index (χ0) is 23.3. The lowest BCUT2D eigenvalue weighted by molar-refractivity contribution is -0.136. The Morgan fingerprint density at radius 2 is 1.66 bits per heavy atom. The van der Waals surface area contributed by atoms with Crippen molar-refractivity contribution in [1.82, 2.24) is 4.90 Å². The van der Waals surface area contributed by atoms with E-state index in [9.17, 15) is 13.2 Å². The van der Waals surface area contributed by atoms with E-state index in [4.69, 9.17) is 4.74 Å². The zero-order valence-corrected chi connectivity index (χ0v) is 20.3. The molecule has 1 fully saturated rings. The predicted molar refractivity (Wildman–Crippen MR) is 129 cm³/mol. The van der Waals surface area contributed by atoms with Gasteiger partial charge in [-0.25, -0.2) is 8.42 Å². The Bertz CT molecular complexity index is 1010. The van der Waals surface area contributed by atoms with Crippen LogP contribution in [0.5, 0.6) is 5.75 Å². The molecule has 1 aliphatic rings. The first kappa shape index (κ1) is 24.1. The van der Waals surface area contributed by atoms with E-state index in [1.807, 2.05) is 44.2 Å². The number of hydrogen-bond acceptors (Lipinski definition) is 5. The number of aryl methyl sites for hydroxylation is 2. The SMILES string of the molecule is CCN(CC)c1ccc(CN(C(=O)COc2c(C)cccc2C)C2CCS(=O)(=O)C2)cc1. The summed E-state index contributed by atoms with van der Waals surface area (Å²) in [6.45, 7) is 10.2. The van der Waals surface area contributed by atoms with Crippen LogP contribution in [0.25, 0.3) is 0 Å². The van der Waals surface area contributed by atoms with E-state index in [0.717, 1.165) is 35.5 Å². The molecule has 0 bridgehead atoms. The third-order valence-corrected chi connectivity index (χ3v) is 7.89. The molecule has 174 valence electrons. The Hall–Kier alpha value is -2.54. The maximum atomic E-state index is 13.2. The molecule has 7 heteroatoms. The summed E-state index contributed by atoms with van der Waals surface area (Å²) in [6.07, 6.45) is 0.467. The minimum atomic E-state index is -3.11. The number of sulfone groups is 1. The molecule has 2 aromatic carbocycles. The van der Waals surface area contributed by atoms with Crippen LogP contribution < -0.4 is 9.64 Å². The van der Waals surface area contributed by atoms with Crippen LogP contribution in [0, 0.1) is 13.8 Å². The number of rotatable bonds is 9. The quantitative estimate of drug-likeness (QED) is 0.573. The topological polar surface area (TPSA) is 66.9 Å². The van der Waals surface area contributed by atoms with Crippen molar-refractivity contribution < 1.29 is 17.9 Å². The summed E-state index contributed by atoms with van der Waals surface area (Å²) in [5.41, 5.74) is 4.06. The summed E-state index contributed by atoms with van der Waals surface area (Å²) in [4.78, 5) is 17.2. The van der Waals surface area contributed by atoms with E-state index >= 15 is 0 Å². The van der Waals surface area contributed by atoms with Crippen LogP contribution in [0.3, 0.4) is 0 Å². The van der Waals surface area contributed by atoms with Crippen LogP contribution in [-0.4, -0.2) is 56.5 Å². The molecule has 1 saturated heterocycles. The van der Waals surface area contributed by atoms with Crippen molar-refractivity contribution in [3.8, 4) is 5.75 Å². The number of amides is 1. The Kier molecular flexibility index (Phi) is 7.82. The molecule has 0 radical (unpaired) electrons. The summed E-state index contributed by atoms with van der Waals surface area (Å²) in [5, 5.41) is 0. The minimum absolute atomic E-state index is 0.0136. The summed E-state index contributed by atoms with van der Waals surface area (Å²) in [6, 6.07) is 13.7. The van der Waals surface area contributed by atoms with Gasteiger partial charge in [0, 0.05) is 31.4 Å². The first-order valence-corrected chi connectivity index (χ1v) is 13.1. The molecule has 1 unspecified atom stereocenters. The molecule has 32 heavy (non-hydrogen) atoms. The lowest BCUT2D eigenvalue weighted by atomic mass is 10.1. The van der Waals surface area contributed by atoms with Crippen molar-refractivity contribution in [2.75, 3.05) is 36.1 Å². The van der Waals surface area contributed by atoms with Crippen LogP contribution in [-0.2, 0) is 21.2 Å². The van der Waals surface area contributed by atoms with E-state index in [-0.39, 0.29) is 30.1 Å². The zero-order valence-electron chi connectivity index (χ0n) is 19.5. The molecule has 0 aliphatic carbocycles. The van der Waals surface area contributed by atoms with Gasteiger partial charge < -0.3 is 14.5 Å². The molecule has 2 aromatic rings. The van der Waals surface area contributed by atoms with Crippen LogP contribution in [0.4, 0.5) is 5.69 Å². The van der Waals surface area contributed by atoms with Gasteiger partial charge >= 0.3 is 0 Å². The highest BCUT2D eigenvalue weighted by Gasteiger charge is 2.35. The van der Waals surface area contributed by atoms with Crippen LogP contribution in [0.1, 0.15) is 37.0 Å². The summed E-state index contributed by atoms with van der Waals surface area (Å²) < 4.78 is 30.1. The lowest BCUT2D eigenvalue weighted by Crippen LogP contribution is -2.43. The smallest absolute Gasteiger partial charge is 0.261 e. The van der Waals surface area contributed by atoms with Gasteiger partial charge in [-0.05, 0) is 62.9 Å². The number of nitrogens with zero attached hydrogens (tertiary/aromatic N) is 2. The number of hydrogen-bond donors (Lipinski definition) is 0. The number of para-hydroxylation sites is 1. The summed E-state index contributed by atoms with van der Waals surface area (Å²) >= 11 is 0. The number of anilines is 1. The fourth-order valence-corrected chi connectivity index (χ4v) is 6.01. The van der Waals surface area contributed by atoms with Gasteiger partial charge in [-0.2, -0.15) is 0 Å². The fraction of sp³-hybridized carbons (Fsp3) is 0.480. The Labute approximate surface area is 192 Å². The molecular formula is C25H34N2O4S. The highest BCUT2D eigenvalue weighted by molar-refractivity contribution is 7.91. The van der Waals surface area contributed by atoms with E-state index in [2.05, 4.69) is 30.9 Å². The monoisotopic (exact) mass is 458 g/mol. The molecule has 0 spiro atoms. The summed E-state index contributed by atoms with van der Waals surface area (Å²) in [7, 11) is -3.11. The molecule has 1 amide bonds. The molecule has 0 saturated carbocycles. The standard InChI is InChI=1S/C25H34N2O4S/c1-5-26(6-2)22-12-10-21(11-13-22)16-27(23-14-15-32(29,30)18-23)24(28)17-31-25-19(3)8-7-9-20(25)4/h7-13,23H,5-6,14-18H2,1-4H3. The van der Waals surface area contributed by atoms with E-state index in [1.165, 1.54) is 0 Å². The molecule has 6 nitrogen and oxygen atoms in total. The van der Waals surface area contributed by atoms with Gasteiger partial charge in [-0.1, -0.05) is 30.3 Å². The molecule has 3 rings (SSSR count). The molecule has 0 N–H and O–H groups in total. The molecule has 1 heterocycles. The minimum Gasteiger partial charge on any atom is -0.483 e. The predicted octanol–water partition coefficient (Wildman–Crippen LogP) is 3.74. The van der Waals surface area contributed by atoms with Crippen molar-refractivity contribution in [2.24, 2.45) is 0 Å². The Morgan fingerprint density at radius 1 is 1.03 bits per heavy atom. The number of ether oxygens (including phenoxy) is 1. The van der Waals surface area contributed by atoms with Crippen LogP contribution in [0.15, 0.2) is 42.5 Å². The maximum absolute atomic E-state index is 13.2. The second-order valence-corrected chi connectivity index (χ2v) is 10.7. The molecule has 1 atom stereocenters. The van der Waals surface area contributed by atoms with Gasteiger partial charge in [0.05, 0.1) is 11.5 Å². The van der Waals surface area contributed by atoms with Gasteiger partial charge in [0.1, 0.15) is 5.75 Å². The van der Waals surface area contributed by atoms with Crippen LogP contribution in [0.2, 0.25) is 0 Å². The number of carbonyl (C=O) groups is 1. The molecular weight excluding hydrogens is 424 g/mol. The molecule has 0 aromatic heterocycles. The van der Waals surface area contributed by atoms with Crippen LogP contribution >= 0.6 is 0 Å². The third-order valence-electron chi connectivity index (χ3n) is 6.14. The molecule has 1 aliphatic heterocycles. The van der Waals surface area contributed by atoms with E-state index in [0.29, 0.717) is 18.7 Å². The van der Waals surface area contributed by atoms with Crippen molar-refractivity contribution >= 4 is 21.4 Å². The fourth-order valence-electron chi connectivity index (χ4n) is 4.28. The first-order chi connectivity index (χ1) is 15.2. The van der Waals surface area contributed by atoms with Crippen molar-refractivity contribution in [2.45, 2.75) is 46.7 Å². The largest absolute Gasteiger partial charge is 0.483 e. The first-order valence-electron chi connectivity index (χ1n) is 11.3. The average molecular weight is 459 g/mol. The van der Waals surface area contributed by atoms with E-state index < -0.39 is 9.84 Å². The average Bonchev–Trinajstić information content (AvgIpc) is 3.12. The number of benzene rings is 2. The highest BCUT2D eigenvalue weighted by atomic mass is 32.2. The second kappa shape index (κ2) is 10.4. The van der Waals surface area contributed by atoms with Gasteiger partial charge in [0.15, 0.2) is 16.4 Å². The summed E-state index contributed by atoms with van der Waals surface area (Å²) in [5.74, 6) is 0.658. The normalized spacial score (nSPS) is 17.2. The third kappa shape index (κ3) is 5.82. The lowest BCUT2D eigenvalue weighted by Gasteiger charge is -2.29. The van der Waals surface area contributed by atoms with Gasteiger partial charge in [0.2, 0.25) is 0 Å². The van der Waals surface area contributed by atoms with Crippen molar-refractivity contribution in [1.29, 1.82) is 0 Å². The van der Waals surface area contributed by atoms with Crippen molar-refractivity contribution in [3.05, 3.63) is 59.2 Å². The van der Waals surface area contributed by atoms with E-state index in [1.54, 1.807) is 4.90 Å². The highest BCUT2D eigenvalue weighted by Crippen LogP contribution is 2.25. The number of carbonyl (C=O) groups excluding carboxylic acids is 1. The van der Waals surface area contributed by atoms with Gasteiger partial charge in [-0.15, -0.1) is 0 Å². The Morgan fingerprint density at radius 3 is 2.19 bits per heavy atom. The van der Waals surface area contributed by atoms with Gasteiger partial charge in [-0.3, -0.25) is 4.79 Å². The second-order valence-electron chi connectivity index (χ2n) is 8.43. The Balaban J connectivity index is 1.77. The maximum Gasteiger partial charge on any atom is 0.261 e. The van der Waals surface area contributed by atoms with Gasteiger partial charge in [0.25, 0.3) is 5.91 Å². The van der Waals surface area contributed by atoms with Crippen molar-refractivity contribution in [3.63, 3.8) is 0 Å².